The van der Waals surface area contributed by atoms with Gasteiger partial charge >= 0.3 is 0 Å². The first-order valence-corrected chi connectivity index (χ1v) is 8.07. The number of amides is 2. The molecule has 1 N–H and O–H groups in total. The quantitative estimate of drug-likeness (QED) is 0.913. The van der Waals surface area contributed by atoms with Gasteiger partial charge in [-0.05, 0) is 38.1 Å². The van der Waals surface area contributed by atoms with Gasteiger partial charge in [-0.15, -0.1) is 0 Å². The van der Waals surface area contributed by atoms with Gasteiger partial charge in [0.2, 0.25) is 11.8 Å². The summed E-state index contributed by atoms with van der Waals surface area (Å²) >= 11 is 0. The van der Waals surface area contributed by atoms with Gasteiger partial charge in [-0.3, -0.25) is 14.6 Å². The Morgan fingerprint density at radius 1 is 1.42 bits per heavy atom. The molecule has 3 heterocycles. The van der Waals surface area contributed by atoms with E-state index in [1.165, 1.54) is 0 Å². The lowest BCUT2D eigenvalue weighted by atomic mass is 10.1. The summed E-state index contributed by atoms with van der Waals surface area (Å²) < 4.78 is 5.53. The van der Waals surface area contributed by atoms with E-state index >= 15 is 0 Å². The summed E-state index contributed by atoms with van der Waals surface area (Å²) in [5.74, 6) is 1.06. The molecule has 0 bridgehead atoms. The summed E-state index contributed by atoms with van der Waals surface area (Å²) in [7, 11) is 0. The van der Waals surface area contributed by atoms with Crippen LogP contribution in [0.25, 0.3) is 0 Å². The highest BCUT2D eigenvalue weighted by molar-refractivity contribution is 5.89. The standard InChI is InChI=1S/C18H21N3O3/c1-12-6-7-16(24-12)13(2)20-18(23)14-9-17(22)21(10-14)11-15-5-3-4-8-19-15/h3-8,13-14H,9-11H2,1-2H3,(H,20,23). The van der Waals surface area contributed by atoms with Crippen molar-refractivity contribution in [3.63, 3.8) is 0 Å². The van der Waals surface area contributed by atoms with Gasteiger partial charge in [-0.25, -0.2) is 0 Å². The minimum atomic E-state index is -0.334. The molecule has 2 amide bonds. The molecule has 1 saturated heterocycles. The van der Waals surface area contributed by atoms with Crippen LogP contribution in [0.2, 0.25) is 0 Å². The molecule has 2 unspecified atom stereocenters. The minimum Gasteiger partial charge on any atom is -0.464 e. The van der Waals surface area contributed by atoms with E-state index in [9.17, 15) is 9.59 Å². The molecule has 6 heteroatoms. The lowest BCUT2D eigenvalue weighted by molar-refractivity contribution is -0.129. The molecule has 0 radical (unpaired) electrons. The molecule has 3 rings (SSSR count). The first kappa shape index (κ1) is 16.2. The number of carbonyl (C=O) groups excluding carboxylic acids is 2. The van der Waals surface area contributed by atoms with Gasteiger partial charge < -0.3 is 14.6 Å². The number of aromatic nitrogens is 1. The van der Waals surface area contributed by atoms with Crippen LogP contribution >= 0.6 is 0 Å². The van der Waals surface area contributed by atoms with E-state index in [0.29, 0.717) is 13.1 Å². The molecule has 126 valence electrons. The molecule has 1 aliphatic heterocycles. The molecule has 0 aliphatic carbocycles. The van der Waals surface area contributed by atoms with Crippen LogP contribution in [0.3, 0.4) is 0 Å². The molecule has 24 heavy (non-hydrogen) atoms. The first-order chi connectivity index (χ1) is 11.5. The Morgan fingerprint density at radius 3 is 2.92 bits per heavy atom. The topological polar surface area (TPSA) is 75.4 Å². The van der Waals surface area contributed by atoms with Crippen molar-refractivity contribution in [2.24, 2.45) is 5.92 Å². The molecule has 0 saturated carbocycles. The molecule has 2 aromatic heterocycles. The van der Waals surface area contributed by atoms with E-state index < -0.39 is 0 Å². The number of hydrogen-bond acceptors (Lipinski definition) is 4. The Hall–Kier alpha value is -2.63. The van der Waals surface area contributed by atoms with Crippen LogP contribution in [0, 0.1) is 12.8 Å². The lowest BCUT2D eigenvalue weighted by Crippen LogP contribution is -2.34. The number of hydrogen-bond donors (Lipinski definition) is 1. The van der Waals surface area contributed by atoms with Crippen molar-refractivity contribution in [3.8, 4) is 0 Å². The molecule has 0 spiro atoms. The molecular weight excluding hydrogens is 306 g/mol. The summed E-state index contributed by atoms with van der Waals surface area (Å²) in [6.45, 7) is 4.60. The largest absolute Gasteiger partial charge is 0.464 e. The average molecular weight is 327 g/mol. The van der Waals surface area contributed by atoms with Gasteiger partial charge in [-0.1, -0.05) is 6.07 Å². The minimum absolute atomic E-state index is 0.0118. The maximum Gasteiger partial charge on any atom is 0.226 e. The lowest BCUT2D eigenvalue weighted by Gasteiger charge is -2.17. The summed E-state index contributed by atoms with van der Waals surface area (Å²) in [5, 5.41) is 2.93. The number of carbonyl (C=O) groups is 2. The van der Waals surface area contributed by atoms with Crippen molar-refractivity contribution in [1.29, 1.82) is 0 Å². The summed E-state index contributed by atoms with van der Waals surface area (Å²) in [6, 6.07) is 9.11. The van der Waals surface area contributed by atoms with Gasteiger partial charge in [-0.2, -0.15) is 0 Å². The molecule has 1 fully saturated rings. The molecule has 6 nitrogen and oxygen atoms in total. The zero-order valence-corrected chi connectivity index (χ0v) is 13.9. The number of nitrogens with zero attached hydrogens (tertiary/aromatic N) is 2. The Balaban J connectivity index is 1.57. The van der Waals surface area contributed by atoms with Crippen LogP contribution in [-0.4, -0.2) is 28.2 Å². The molecule has 1 aliphatic rings. The van der Waals surface area contributed by atoms with Crippen molar-refractivity contribution in [2.45, 2.75) is 32.9 Å². The van der Waals surface area contributed by atoms with Crippen LogP contribution in [-0.2, 0) is 16.1 Å². The van der Waals surface area contributed by atoms with E-state index in [0.717, 1.165) is 17.2 Å². The zero-order chi connectivity index (χ0) is 17.1. The number of aryl methyl sites for hydroxylation is 1. The van der Waals surface area contributed by atoms with Gasteiger partial charge in [0.1, 0.15) is 11.5 Å². The average Bonchev–Trinajstić information content (AvgIpc) is 3.15. The van der Waals surface area contributed by atoms with E-state index in [-0.39, 0.29) is 30.2 Å². The third kappa shape index (κ3) is 3.64. The number of rotatable bonds is 5. The Morgan fingerprint density at radius 2 is 2.25 bits per heavy atom. The third-order valence-corrected chi connectivity index (χ3v) is 4.21. The predicted octanol–water partition coefficient (Wildman–Crippen LogP) is 2.21. The number of pyridine rings is 1. The van der Waals surface area contributed by atoms with Crippen LogP contribution < -0.4 is 5.32 Å². The van der Waals surface area contributed by atoms with Crippen molar-refractivity contribution >= 4 is 11.8 Å². The van der Waals surface area contributed by atoms with Crippen LogP contribution in [0.5, 0.6) is 0 Å². The molecule has 2 atom stereocenters. The number of nitrogens with one attached hydrogen (secondary N) is 1. The summed E-state index contributed by atoms with van der Waals surface area (Å²) in [5.41, 5.74) is 0.825. The fraction of sp³-hybridized carbons (Fsp3) is 0.389. The summed E-state index contributed by atoms with van der Waals surface area (Å²) in [4.78, 5) is 30.5. The van der Waals surface area contributed by atoms with E-state index in [1.807, 2.05) is 44.2 Å². The van der Waals surface area contributed by atoms with Crippen molar-refractivity contribution < 1.29 is 14.0 Å². The third-order valence-electron chi connectivity index (χ3n) is 4.21. The Labute approximate surface area is 140 Å². The second kappa shape index (κ2) is 6.86. The first-order valence-electron chi connectivity index (χ1n) is 8.07. The maximum atomic E-state index is 12.4. The van der Waals surface area contributed by atoms with Crippen LogP contribution in [0.15, 0.2) is 40.9 Å². The number of likely N-dealkylation sites (tertiary alicyclic amines) is 1. The van der Waals surface area contributed by atoms with E-state index in [1.54, 1.807) is 11.1 Å². The van der Waals surface area contributed by atoms with Gasteiger partial charge in [0.05, 0.1) is 24.2 Å². The number of furan rings is 1. The van der Waals surface area contributed by atoms with E-state index in [2.05, 4.69) is 10.3 Å². The van der Waals surface area contributed by atoms with Crippen molar-refractivity contribution in [2.75, 3.05) is 6.54 Å². The SMILES string of the molecule is Cc1ccc(C(C)NC(=O)C2CC(=O)N(Cc3ccccn3)C2)o1. The fourth-order valence-electron chi connectivity index (χ4n) is 2.88. The van der Waals surface area contributed by atoms with E-state index in [4.69, 9.17) is 4.42 Å². The van der Waals surface area contributed by atoms with Gasteiger partial charge in [0.25, 0.3) is 0 Å². The van der Waals surface area contributed by atoms with Gasteiger partial charge in [0, 0.05) is 19.2 Å². The normalized spacial score (nSPS) is 18.7. The maximum absolute atomic E-state index is 12.4. The van der Waals surface area contributed by atoms with Crippen molar-refractivity contribution in [3.05, 3.63) is 53.7 Å². The zero-order valence-electron chi connectivity index (χ0n) is 13.9. The van der Waals surface area contributed by atoms with Gasteiger partial charge in [0.15, 0.2) is 0 Å². The second-order valence-electron chi connectivity index (χ2n) is 6.18. The monoisotopic (exact) mass is 327 g/mol. The van der Waals surface area contributed by atoms with Crippen LogP contribution in [0.1, 0.15) is 36.6 Å². The van der Waals surface area contributed by atoms with Crippen molar-refractivity contribution in [1.82, 2.24) is 15.2 Å². The Kier molecular flexibility index (Phi) is 4.64. The summed E-state index contributed by atoms with van der Waals surface area (Å²) in [6.07, 6.45) is 1.94. The Bertz CT molecular complexity index is 726. The predicted molar refractivity (Wildman–Crippen MR) is 87.8 cm³/mol. The highest BCUT2D eigenvalue weighted by atomic mass is 16.3. The smallest absolute Gasteiger partial charge is 0.226 e. The molecular formula is C18H21N3O3. The second-order valence-corrected chi connectivity index (χ2v) is 6.18. The highest BCUT2D eigenvalue weighted by Gasteiger charge is 2.35. The van der Waals surface area contributed by atoms with Crippen LogP contribution in [0.4, 0.5) is 0 Å². The molecule has 2 aromatic rings. The highest BCUT2D eigenvalue weighted by Crippen LogP contribution is 2.22. The fourth-order valence-corrected chi connectivity index (χ4v) is 2.88. The molecule has 0 aromatic carbocycles.